The molecule has 0 fully saturated rings. The zero-order chi connectivity index (χ0) is 36.7. The molecule has 0 amide bonds. The van der Waals surface area contributed by atoms with Crippen molar-refractivity contribution in [3.05, 3.63) is 237 Å². The molecule has 270 valence electrons. The average molecular weight is 868 g/mol. The summed E-state index contributed by atoms with van der Waals surface area (Å²) in [6, 6.07) is 60.0. The van der Waals surface area contributed by atoms with Crippen LogP contribution in [0.3, 0.4) is 0 Å². The Morgan fingerprint density at radius 2 is 0.679 bits per heavy atom. The van der Waals surface area contributed by atoms with Crippen molar-refractivity contribution in [3.63, 3.8) is 0 Å². The van der Waals surface area contributed by atoms with Crippen molar-refractivity contribution in [2.75, 3.05) is 0 Å². The van der Waals surface area contributed by atoms with Crippen LogP contribution in [0.1, 0.15) is 56.3 Å². The molecule has 2 N–H and O–H groups in total. The van der Waals surface area contributed by atoms with Gasteiger partial charge in [0.1, 0.15) is 0 Å². The molecule has 8 rings (SSSR count). The topological polar surface area (TPSA) is 47.6 Å². The van der Waals surface area contributed by atoms with Crippen molar-refractivity contribution in [2.45, 2.75) is 50.9 Å². The van der Waals surface area contributed by atoms with Crippen molar-refractivity contribution in [1.82, 2.24) is 0 Å². The van der Waals surface area contributed by atoms with Crippen LogP contribution in [0.25, 0.3) is 21.9 Å². The minimum absolute atomic E-state index is 0. The van der Waals surface area contributed by atoms with Gasteiger partial charge in [0.25, 0.3) is 0 Å². The Balaban J connectivity index is 0.000000194. The number of benzene rings is 6. The third-order valence-corrected chi connectivity index (χ3v) is 8.64. The average Bonchev–Trinajstić information content (AvgIpc) is 3.71. The van der Waals surface area contributed by atoms with Gasteiger partial charge in [0.05, 0.1) is 0 Å². The van der Waals surface area contributed by atoms with E-state index in [0.717, 1.165) is 12.8 Å². The molecule has 0 aliphatic heterocycles. The molecule has 0 saturated heterocycles. The van der Waals surface area contributed by atoms with E-state index in [9.17, 15) is 0 Å². The molecule has 2 atom stereocenters. The number of fused-ring (bicyclic) bond motifs is 2. The van der Waals surface area contributed by atoms with Crippen molar-refractivity contribution >= 4 is 29.1 Å². The first kappa shape index (κ1) is 42.2. The first-order valence-electron chi connectivity index (χ1n) is 18.4. The molecule has 0 heterocycles. The minimum atomic E-state index is -0.889. The Morgan fingerprint density at radius 1 is 0.415 bits per heavy atom. The molecule has 0 aromatic heterocycles. The standard InChI is InChI=1S/2C22H17.2C2H8NSi.Gd/c2*1-3-9-17(10-4-1)15-22-20-14-8-7-13-19(20)16-21(22)18-11-5-2-6-12-18;2*1-4(2)3;/h2*1-14,22H,15H2;2*3-4H,1-2H3;/q4*-1;+2. The quantitative estimate of drug-likeness (QED) is 0.118. The molecular weight excluding hydrogens is 818 g/mol. The molecule has 0 radical (unpaired) electrons. The van der Waals surface area contributed by atoms with Gasteiger partial charge in [0, 0.05) is 0 Å². The Kier molecular flexibility index (Phi) is 17.5. The third-order valence-electron chi connectivity index (χ3n) is 8.64. The van der Waals surface area contributed by atoms with E-state index >= 15 is 0 Å². The van der Waals surface area contributed by atoms with Crippen LogP contribution in [0.4, 0.5) is 0 Å². The van der Waals surface area contributed by atoms with Crippen molar-refractivity contribution < 1.29 is 39.9 Å². The summed E-state index contributed by atoms with van der Waals surface area (Å²) in [7, 11) is -1.78. The summed E-state index contributed by atoms with van der Waals surface area (Å²) in [6.07, 6.45) is 9.32. The van der Waals surface area contributed by atoms with E-state index in [4.69, 9.17) is 10.8 Å². The fraction of sp³-hybridized carbons (Fsp3) is 0.167. The fourth-order valence-electron chi connectivity index (χ4n) is 6.51. The van der Waals surface area contributed by atoms with Crippen molar-refractivity contribution in [1.29, 1.82) is 0 Å². The summed E-state index contributed by atoms with van der Waals surface area (Å²) in [5, 5.41) is 13.4. The molecular formula is C48H50GdN2Si2-2. The summed E-state index contributed by atoms with van der Waals surface area (Å²) in [5.41, 5.74) is 13.2. The molecule has 53 heavy (non-hydrogen) atoms. The van der Waals surface area contributed by atoms with E-state index in [1.807, 2.05) is 26.2 Å². The third kappa shape index (κ3) is 12.8. The molecule has 6 aromatic carbocycles. The maximum absolute atomic E-state index is 6.72. The summed E-state index contributed by atoms with van der Waals surface area (Å²) in [4.78, 5) is 0. The van der Waals surface area contributed by atoms with Gasteiger partial charge in [-0.05, 0) is 35.8 Å². The van der Waals surface area contributed by atoms with Crippen LogP contribution in [0.15, 0.2) is 170 Å². The molecule has 2 nitrogen and oxygen atoms in total. The van der Waals surface area contributed by atoms with E-state index in [1.54, 1.807) is 0 Å². The monoisotopic (exact) mass is 868 g/mol. The van der Waals surface area contributed by atoms with Crippen LogP contribution in [0, 0.1) is 52.1 Å². The fourth-order valence-corrected chi connectivity index (χ4v) is 6.51. The van der Waals surface area contributed by atoms with Gasteiger partial charge in [-0.25, -0.2) is 0 Å². The Morgan fingerprint density at radius 3 is 1.00 bits per heavy atom. The predicted octanol–water partition coefficient (Wildman–Crippen LogP) is 12.6. The van der Waals surface area contributed by atoms with Crippen LogP contribution < -0.4 is 0 Å². The first-order chi connectivity index (χ1) is 25.3. The SMILES string of the molecule is C[SiH](C)[NH-].C[SiH](C)[NH-].[C-]1=C(c2ccccc2)C(Cc2ccccc2)c2ccccc21.[C-]1=C(c2ccccc2)C(Cc2ccccc2)c2ccccc21.[Gd+2]. The van der Waals surface area contributed by atoms with Crippen LogP contribution in [0.5, 0.6) is 0 Å². The minimum Gasteiger partial charge on any atom is -0.682 e. The number of allylic oxidation sites excluding steroid dienone is 2. The van der Waals surface area contributed by atoms with E-state index in [1.165, 1.54) is 55.7 Å². The number of rotatable bonds is 6. The van der Waals surface area contributed by atoms with Crippen molar-refractivity contribution in [2.24, 2.45) is 0 Å². The van der Waals surface area contributed by atoms with Gasteiger partial charge < -0.3 is 10.8 Å². The Hall–Kier alpha value is -3.52. The van der Waals surface area contributed by atoms with Crippen LogP contribution in [0.2, 0.25) is 26.2 Å². The molecule has 0 spiro atoms. The zero-order valence-corrected chi connectivity index (χ0v) is 35.8. The summed E-state index contributed by atoms with van der Waals surface area (Å²) in [6.45, 7) is 7.89. The zero-order valence-electron chi connectivity index (χ0n) is 31.2. The molecule has 0 bridgehead atoms. The smallest absolute Gasteiger partial charge is 0.682 e. The summed E-state index contributed by atoms with van der Waals surface area (Å²) >= 11 is 0. The summed E-state index contributed by atoms with van der Waals surface area (Å²) < 4.78 is 0. The molecule has 2 aliphatic carbocycles. The number of hydrogen-bond acceptors (Lipinski definition) is 0. The van der Waals surface area contributed by atoms with E-state index < -0.39 is 17.9 Å². The maximum atomic E-state index is 6.72. The maximum Gasteiger partial charge on any atom is 2.00 e. The summed E-state index contributed by atoms with van der Waals surface area (Å²) in [5.74, 6) is 0.780. The molecule has 6 aromatic rings. The first-order valence-corrected chi connectivity index (χ1v) is 24.1. The van der Waals surface area contributed by atoms with Gasteiger partial charge in [-0.1, -0.05) is 189 Å². The molecule has 5 heteroatoms. The van der Waals surface area contributed by atoms with Crippen LogP contribution in [-0.2, 0) is 12.8 Å². The van der Waals surface area contributed by atoms with Gasteiger partial charge in [0.2, 0.25) is 0 Å². The van der Waals surface area contributed by atoms with Crippen LogP contribution >= 0.6 is 0 Å². The van der Waals surface area contributed by atoms with Crippen molar-refractivity contribution in [3.8, 4) is 0 Å². The molecule has 2 unspecified atom stereocenters. The Bertz CT molecular complexity index is 1860. The second-order valence-electron chi connectivity index (χ2n) is 13.8. The van der Waals surface area contributed by atoms with Gasteiger partial charge in [0.15, 0.2) is 0 Å². The Labute approximate surface area is 354 Å². The van der Waals surface area contributed by atoms with Gasteiger partial charge in [-0.2, -0.15) is 0 Å². The van der Waals surface area contributed by atoms with E-state index in [0.29, 0.717) is 11.8 Å². The van der Waals surface area contributed by atoms with E-state index in [2.05, 4.69) is 182 Å². The predicted molar refractivity (Wildman–Crippen MR) is 229 cm³/mol. The molecule has 0 saturated carbocycles. The van der Waals surface area contributed by atoms with Gasteiger partial charge >= 0.3 is 39.9 Å². The number of nitrogens with one attached hydrogen (secondary N) is 2. The van der Waals surface area contributed by atoms with Gasteiger partial charge in [-0.3, -0.25) is 0 Å². The number of hydrogen-bond donors (Lipinski definition) is 0. The largest absolute Gasteiger partial charge is 2.00 e. The van der Waals surface area contributed by atoms with Crippen LogP contribution in [-0.4, -0.2) is 17.9 Å². The normalized spacial score (nSPS) is 14.8. The van der Waals surface area contributed by atoms with E-state index in [-0.39, 0.29) is 39.9 Å². The second kappa shape index (κ2) is 22.0. The van der Waals surface area contributed by atoms with Gasteiger partial charge in [-0.15, -0.1) is 82.0 Å². The second-order valence-corrected chi connectivity index (χ2v) is 18.4. The molecule has 2 aliphatic rings.